The van der Waals surface area contributed by atoms with Gasteiger partial charge in [0.15, 0.2) is 0 Å². The highest BCUT2D eigenvalue weighted by Crippen LogP contribution is 2.53. The van der Waals surface area contributed by atoms with Gasteiger partial charge in [0.25, 0.3) is 0 Å². The Kier molecular flexibility index (Phi) is 6.51. The molecule has 0 N–H and O–H groups in total. The first kappa shape index (κ1) is 24.5. The molecule has 190 valence electrons. The number of amides is 3. The van der Waals surface area contributed by atoms with E-state index < -0.39 is 17.1 Å². The lowest BCUT2D eigenvalue weighted by Gasteiger charge is -2.31. The van der Waals surface area contributed by atoms with E-state index in [2.05, 4.69) is 20.9 Å². The fourth-order valence-electron chi connectivity index (χ4n) is 5.07. The van der Waals surface area contributed by atoms with E-state index >= 15 is 0 Å². The molecule has 37 heavy (non-hydrogen) atoms. The van der Waals surface area contributed by atoms with E-state index in [1.54, 1.807) is 47.6 Å². The second-order valence-electron chi connectivity index (χ2n) is 8.93. The molecule has 0 saturated carbocycles. The minimum atomic E-state index is -0.729. The van der Waals surface area contributed by atoms with Gasteiger partial charge in [0, 0.05) is 40.8 Å². The first-order valence-corrected chi connectivity index (χ1v) is 14.2. The molecular weight excluding hydrogens is 580 g/mol. The third kappa shape index (κ3) is 4.25. The molecule has 3 aromatic rings. The first-order valence-electron chi connectivity index (χ1n) is 11.7. The van der Waals surface area contributed by atoms with Gasteiger partial charge >= 0.3 is 4.87 Å². The maximum Gasteiger partial charge on any atom is 0.308 e. The highest BCUT2D eigenvalue weighted by Gasteiger charge is 2.56. The SMILES string of the molecule is O=C(Cn1c2c(sc1=O)[C@@H](c1cccnc1)C1C(=O)N(c3ccc(Br)cc3)C(=O)C1S2)N1CCOCC1. The molecule has 2 unspecified atom stereocenters. The standard InChI is InChI=1S/C25H21BrN4O5S2/c26-15-3-5-16(6-4-15)30-22(32)19-18(14-2-1-7-27-12-14)21-24(36-20(19)23(30)33)29(25(34)37-21)13-17(31)28-8-10-35-11-9-28/h1-7,12,18-20H,8-11,13H2/t18-,19?,20?/m0/s1. The number of hydrogen-bond acceptors (Lipinski definition) is 8. The number of imide groups is 1. The van der Waals surface area contributed by atoms with Gasteiger partial charge in [-0.15, -0.1) is 0 Å². The number of hydrogen-bond donors (Lipinski definition) is 0. The molecule has 9 nitrogen and oxygen atoms in total. The van der Waals surface area contributed by atoms with Crippen molar-refractivity contribution in [3.63, 3.8) is 0 Å². The van der Waals surface area contributed by atoms with Crippen molar-refractivity contribution in [1.82, 2.24) is 14.5 Å². The zero-order valence-corrected chi connectivity index (χ0v) is 22.6. The van der Waals surface area contributed by atoms with Gasteiger partial charge in [-0.2, -0.15) is 0 Å². The third-order valence-corrected chi connectivity index (χ3v) is 9.97. The molecule has 0 spiro atoms. The molecule has 3 atom stereocenters. The highest BCUT2D eigenvalue weighted by molar-refractivity contribution is 9.10. The van der Waals surface area contributed by atoms with Crippen molar-refractivity contribution in [2.75, 3.05) is 31.2 Å². The van der Waals surface area contributed by atoms with Crippen molar-refractivity contribution >= 4 is 62.4 Å². The van der Waals surface area contributed by atoms with Crippen LogP contribution in [-0.4, -0.2) is 63.7 Å². The second kappa shape index (κ2) is 9.82. The number of benzene rings is 1. The Labute approximate surface area is 228 Å². The number of pyridine rings is 1. The van der Waals surface area contributed by atoms with Crippen molar-refractivity contribution in [1.29, 1.82) is 0 Å². The second-order valence-corrected chi connectivity index (χ2v) is 12.0. The van der Waals surface area contributed by atoms with Crippen LogP contribution in [0.3, 0.4) is 0 Å². The number of aromatic nitrogens is 2. The highest BCUT2D eigenvalue weighted by atomic mass is 79.9. The van der Waals surface area contributed by atoms with Crippen LogP contribution in [-0.2, 0) is 25.7 Å². The summed E-state index contributed by atoms with van der Waals surface area (Å²) in [7, 11) is 0. The molecule has 3 aliphatic rings. The Morgan fingerprint density at radius 2 is 1.84 bits per heavy atom. The van der Waals surface area contributed by atoms with E-state index in [0.29, 0.717) is 41.9 Å². The number of carbonyl (C=O) groups excluding carboxylic acids is 3. The Bertz CT molecular complexity index is 1440. The van der Waals surface area contributed by atoms with Gasteiger partial charge in [0.05, 0.1) is 29.8 Å². The molecule has 0 radical (unpaired) electrons. The summed E-state index contributed by atoms with van der Waals surface area (Å²) in [6.07, 6.45) is 3.32. The maximum absolute atomic E-state index is 13.8. The number of fused-ring (bicyclic) bond motifs is 2. The summed E-state index contributed by atoms with van der Waals surface area (Å²) >= 11 is 5.64. The number of ether oxygens (including phenoxy) is 1. The molecule has 1 aromatic carbocycles. The molecule has 2 saturated heterocycles. The topological polar surface area (TPSA) is 102 Å². The van der Waals surface area contributed by atoms with Crippen LogP contribution in [0, 0.1) is 5.92 Å². The largest absolute Gasteiger partial charge is 0.378 e. The van der Waals surface area contributed by atoms with Crippen molar-refractivity contribution < 1.29 is 19.1 Å². The number of nitrogens with zero attached hydrogens (tertiary/aromatic N) is 4. The monoisotopic (exact) mass is 600 g/mol. The molecule has 0 aliphatic carbocycles. The number of carbonyl (C=O) groups is 3. The van der Waals surface area contributed by atoms with Crippen LogP contribution in [0.1, 0.15) is 16.4 Å². The van der Waals surface area contributed by atoms with Crippen LogP contribution in [0.5, 0.6) is 0 Å². The fraction of sp³-hybridized carbons (Fsp3) is 0.320. The predicted molar refractivity (Wildman–Crippen MR) is 142 cm³/mol. The molecule has 12 heteroatoms. The summed E-state index contributed by atoms with van der Waals surface area (Å²) < 4.78 is 7.64. The van der Waals surface area contributed by atoms with E-state index in [1.807, 2.05) is 6.07 Å². The zero-order valence-electron chi connectivity index (χ0n) is 19.4. The smallest absolute Gasteiger partial charge is 0.308 e. The van der Waals surface area contributed by atoms with Crippen LogP contribution in [0.2, 0.25) is 0 Å². The summed E-state index contributed by atoms with van der Waals surface area (Å²) in [4.78, 5) is 61.3. The van der Waals surface area contributed by atoms with Crippen LogP contribution < -0.4 is 9.77 Å². The molecular formula is C25H21BrN4O5S2. The van der Waals surface area contributed by atoms with E-state index in [1.165, 1.54) is 21.2 Å². The minimum Gasteiger partial charge on any atom is -0.378 e. The van der Waals surface area contributed by atoms with Gasteiger partial charge in [-0.05, 0) is 35.9 Å². The Balaban J connectivity index is 1.42. The van der Waals surface area contributed by atoms with Crippen LogP contribution >= 0.6 is 39.0 Å². The predicted octanol–water partition coefficient (Wildman–Crippen LogP) is 2.72. The van der Waals surface area contributed by atoms with Crippen molar-refractivity contribution in [2.24, 2.45) is 5.92 Å². The number of thioether (sulfide) groups is 1. The lowest BCUT2D eigenvalue weighted by atomic mass is 9.84. The quantitative estimate of drug-likeness (QED) is 0.424. The molecule has 3 amide bonds. The van der Waals surface area contributed by atoms with Gasteiger partial charge in [-0.1, -0.05) is 45.1 Å². The average molecular weight is 602 g/mol. The van der Waals surface area contributed by atoms with E-state index in [9.17, 15) is 19.2 Å². The maximum atomic E-state index is 13.8. The number of anilines is 1. The summed E-state index contributed by atoms with van der Waals surface area (Å²) in [5.41, 5.74) is 1.26. The molecule has 2 aromatic heterocycles. The van der Waals surface area contributed by atoms with E-state index in [0.717, 1.165) is 21.4 Å². The van der Waals surface area contributed by atoms with Gasteiger partial charge in [-0.3, -0.25) is 28.7 Å². The number of morpholine rings is 1. The van der Waals surface area contributed by atoms with Crippen LogP contribution in [0.25, 0.3) is 0 Å². The Hall–Kier alpha value is -2.80. The molecule has 0 bridgehead atoms. The summed E-state index contributed by atoms with van der Waals surface area (Å²) in [5.74, 6) is -2.02. The normalized spacial score (nSPS) is 23.2. The van der Waals surface area contributed by atoms with Crippen molar-refractivity contribution in [2.45, 2.75) is 22.7 Å². The zero-order chi connectivity index (χ0) is 25.7. The van der Waals surface area contributed by atoms with E-state index in [-0.39, 0.29) is 29.1 Å². The van der Waals surface area contributed by atoms with E-state index in [4.69, 9.17) is 4.74 Å². The number of rotatable bonds is 4. The van der Waals surface area contributed by atoms with Gasteiger partial charge in [0.2, 0.25) is 17.7 Å². The van der Waals surface area contributed by atoms with Crippen LogP contribution in [0.4, 0.5) is 5.69 Å². The fourth-order valence-corrected chi connectivity index (χ4v) is 8.10. The summed E-state index contributed by atoms with van der Waals surface area (Å²) in [6, 6.07) is 10.7. The van der Waals surface area contributed by atoms with Crippen molar-refractivity contribution in [3.8, 4) is 0 Å². The average Bonchev–Trinajstić information content (AvgIpc) is 3.36. The Morgan fingerprint density at radius 3 is 2.54 bits per heavy atom. The lowest BCUT2D eigenvalue weighted by Crippen LogP contribution is -2.43. The summed E-state index contributed by atoms with van der Waals surface area (Å²) in [6.45, 7) is 1.77. The van der Waals surface area contributed by atoms with Crippen LogP contribution in [0.15, 0.2) is 63.1 Å². The third-order valence-electron chi connectivity index (χ3n) is 6.83. The first-order chi connectivity index (χ1) is 17.9. The van der Waals surface area contributed by atoms with Gasteiger partial charge in [0.1, 0.15) is 11.8 Å². The molecule has 3 aliphatic heterocycles. The molecule has 5 heterocycles. The molecule has 6 rings (SSSR count). The Morgan fingerprint density at radius 1 is 1.08 bits per heavy atom. The minimum absolute atomic E-state index is 0.118. The van der Waals surface area contributed by atoms with Gasteiger partial charge < -0.3 is 9.64 Å². The lowest BCUT2D eigenvalue weighted by molar-refractivity contribution is -0.136. The van der Waals surface area contributed by atoms with Gasteiger partial charge in [-0.25, -0.2) is 4.90 Å². The molecule has 2 fully saturated rings. The summed E-state index contributed by atoms with van der Waals surface area (Å²) in [5, 5.41) is -0.155. The van der Waals surface area contributed by atoms with Crippen molar-refractivity contribution in [3.05, 3.63) is 73.4 Å². The number of halogens is 1. The number of thiazole rings is 1.